The van der Waals surface area contributed by atoms with Gasteiger partial charge in [-0.1, -0.05) is 49.9 Å². The normalized spacial score (nSPS) is 23.8. The Morgan fingerprint density at radius 1 is 1.07 bits per heavy atom. The van der Waals surface area contributed by atoms with E-state index < -0.39 is 12.0 Å². The second kappa shape index (κ2) is 13.9. The Hall–Kier alpha value is -2.75. The van der Waals surface area contributed by atoms with E-state index in [0.29, 0.717) is 12.5 Å². The number of halogens is 1. The third-order valence-electron chi connectivity index (χ3n) is 10.2. The van der Waals surface area contributed by atoms with Gasteiger partial charge in [0.1, 0.15) is 11.9 Å². The highest BCUT2D eigenvalue weighted by Crippen LogP contribution is 2.39. The van der Waals surface area contributed by atoms with Crippen LogP contribution in [0.3, 0.4) is 0 Å². The fraction of sp³-hybridized carbons (Fsp3) is 0.600. The first-order chi connectivity index (χ1) is 19.9. The molecule has 0 spiro atoms. The van der Waals surface area contributed by atoms with Gasteiger partial charge in [0.25, 0.3) is 0 Å². The molecular weight excluding hydrogens is 513 g/mol. The van der Waals surface area contributed by atoms with Gasteiger partial charge in [0, 0.05) is 25.6 Å². The first-order valence-corrected chi connectivity index (χ1v) is 15.9. The van der Waals surface area contributed by atoms with Crippen LogP contribution in [-0.2, 0) is 11.2 Å². The summed E-state index contributed by atoms with van der Waals surface area (Å²) < 4.78 is 14.3. The molecule has 3 aliphatic rings. The first-order valence-electron chi connectivity index (χ1n) is 15.9. The average molecular weight is 560 g/mol. The van der Waals surface area contributed by atoms with Crippen LogP contribution >= 0.6 is 0 Å². The highest BCUT2D eigenvalue weighted by atomic mass is 19.1. The highest BCUT2D eigenvalue weighted by molar-refractivity contribution is 5.74. The molecule has 41 heavy (non-hydrogen) atoms. The molecule has 2 aromatic rings. The van der Waals surface area contributed by atoms with Gasteiger partial charge in [-0.3, -0.25) is 9.69 Å². The zero-order valence-corrected chi connectivity index (χ0v) is 24.6. The lowest BCUT2D eigenvalue weighted by Crippen LogP contribution is -2.46. The monoisotopic (exact) mass is 559 g/mol. The third-order valence-corrected chi connectivity index (χ3v) is 10.2. The lowest BCUT2D eigenvalue weighted by molar-refractivity contribution is -0.145. The first kappa shape index (κ1) is 29.7. The van der Waals surface area contributed by atoms with Crippen molar-refractivity contribution in [3.63, 3.8) is 0 Å². The van der Waals surface area contributed by atoms with Crippen molar-refractivity contribution in [2.45, 2.75) is 83.1 Å². The molecule has 0 radical (unpaired) electrons. The van der Waals surface area contributed by atoms with Crippen LogP contribution in [-0.4, -0.2) is 59.6 Å². The zero-order valence-electron chi connectivity index (χ0n) is 24.6. The number of piperidine rings is 1. The summed E-state index contributed by atoms with van der Waals surface area (Å²) in [6.07, 6.45) is 11.3. The van der Waals surface area contributed by atoms with E-state index in [2.05, 4.69) is 28.0 Å². The molecule has 3 fully saturated rings. The minimum atomic E-state index is -0.687. The van der Waals surface area contributed by atoms with Crippen LogP contribution in [0.15, 0.2) is 42.5 Å². The van der Waals surface area contributed by atoms with Crippen LogP contribution < -0.4 is 0 Å². The Morgan fingerprint density at radius 2 is 1.85 bits per heavy atom. The molecule has 5 rings (SSSR count). The quantitative estimate of drug-likeness (QED) is 0.347. The maximum atomic E-state index is 14.3. The number of nitrogens with zero attached hydrogens (tertiary/aromatic N) is 3. The number of carbonyl (C=O) groups is 1. The molecule has 2 aliphatic heterocycles. The molecular formula is C35H46FN3O2. The average Bonchev–Trinajstić information content (AvgIpc) is 3.37. The number of aryl methyl sites for hydroxylation is 2. The molecule has 3 atom stereocenters. The van der Waals surface area contributed by atoms with Crippen molar-refractivity contribution in [3.05, 3.63) is 70.5 Å². The molecule has 1 N–H and O–H groups in total. The van der Waals surface area contributed by atoms with Crippen molar-refractivity contribution in [2.24, 2.45) is 17.8 Å². The minimum Gasteiger partial charge on any atom is -0.480 e. The SMILES string of the molecule is Cc1cc(CCCC2CCN(CC3CN(C(C(=O)O)C4CCCCC4)CC3c3cccc(F)c3)CC2)ccc1C#N. The van der Waals surface area contributed by atoms with Crippen molar-refractivity contribution in [1.29, 1.82) is 5.26 Å². The van der Waals surface area contributed by atoms with Crippen LogP contribution in [0.5, 0.6) is 0 Å². The molecule has 220 valence electrons. The van der Waals surface area contributed by atoms with Crippen LogP contribution in [0.4, 0.5) is 4.39 Å². The molecule has 5 nitrogen and oxygen atoms in total. The smallest absolute Gasteiger partial charge is 0.321 e. The summed E-state index contributed by atoms with van der Waals surface area (Å²) in [6.45, 7) is 6.60. The van der Waals surface area contributed by atoms with Gasteiger partial charge in [0.05, 0.1) is 11.6 Å². The van der Waals surface area contributed by atoms with Crippen molar-refractivity contribution < 1.29 is 14.3 Å². The Morgan fingerprint density at radius 3 is 2.54 bits per heavy atom. The number of carboxylic acids is 1. The van der Waals surface area contributed by atoms with E-state index in [0.717, 1.165) is 80.9 Å². The summed E-state index contributed by atoms with van der Waals surface area (Å²) in [5, 5.41) is 19.4. The van der Waals surface area contributed by atoms with Crippen molar-refractivity contribution >= 4 is 5.97 Å². The molecule has 2 heterocycles. The lowest BCUT2D eigenvalue weighted by Gasteiger charge is -2.35. The molecule has 1 saturated carbocycles. The summed E-state index contributed by atoms with van der Waals surface area (Å²) in [7, 11) is 0. The number of benzene rings is 2. The maximum absolute atomic E-state index is 14.3. The second-order valence-corrected chi connectivity index (χ2v) is 13.0. The van der Waals surface area contributed by atoms with Gasteiger partial charge in [0.2, 0.25) is 0 Å². The molecule has 1 aliphatic carbocycles. The van der Waals surface area contributed by atoms with Crippen LogP contribution in [0, 0.1) is 41.8 Å². The zero-order chi connectivity index (χ0) is 28.8. The van der Waals surface area contributed by atoms with Crippen LogP contribution in [0.1, 0.15) is 86.0 Å². The van der Waals surface area contributed by atoms with Gasteiger partial charge in [-0.15, -0.1) is 0 Å². The van der Waals surface area contributed by atoms with E-state index in [9.17, 15) is 14.3 Å². The molecule has 6 heteroatoms. The van der Waals surface area contributed by atoms with Gasteiger partial charge < -0.3 is 10.0 Å². The van der Waals surface area contributed by atoms with Gasteiger partial charge in [-0.25, -0.2) is 4.39 Å². The van der Waals surface area contributed by atoms with Gasteiger partial charge in [-0.05, 0) is 111 Å². The van der Waals surface area contributed by atoms with E-state index in [-0.39, 0.29) is 17.7 Å². The predicted molar refractivity (Wildman–Crippen MR) is 160 cm³/mol. The van der Waals surface area contributed by atoms with E-state index >= 15 is 0 Å². The Bertz CT molecular complexity index is 1210. The number of hydrogen-bond donors (Lipinski definition) is 1. The number of nitriles is 1. The summed E-state index contributed by atoms with van der Waals surface area (Å²) in [5.74, 6) is 0.527. The summed E-state index contributed by atoms with van der Waals surface area (Å²) in [5.41, 5.74) is 4.16. The fourth-order valence-electron chi connectivity index (χ4n) is 7.93. The fourth-order valence-corrected chi connectivity index (χ4v) is 7.93. The third kappa shape index (κ3) is 7.56. The standard InChI is InChI=1S/C35H46FN3O2/c1-25-19-27(13-14-30(25)21-37)8-5-7-26-15-17-38(18-16-26)22-31-23-39(24-33(31)29-11-6-12-32(36)20-29)34(35(40)41)28-9-3-2-4-10-28/h6,11-14,19-20,26,28,31,33-34H,2-5,7-10,15-18,22-24H2,1H3,(H,40,41). The molecule has 3 unspecified atom stereocenters. The van der Waals surface area contributed by atoms with Crippen molar-refractivity contribution in [1.82, 2.24) is 9.80 Å². The Labute approximate surface area is 245 Å². The van der Waals surface area contributed by atoms with Crippen molar-refractivity contribution in [2.75, 3.05) is 32.7 Å². The van der Waals surface area contributed by atoms with E-state index in [4.69, 9.17) is 5.26 Å². The van der Waals surface area contributed by atoms with Gasteiger partial charge >= 0.3 is 5.97 Å². The highest BCUT2D eigenvalue weighted by Gasteiger charge is 2.43. The summed E-state index contributed by atoms with van der Waals surface area (Å²) >= 11 is 0. The summed E-state index contributed by atoms with van der Waals surface area (Å²) in [6, 6.07) is 15.0. The number of likely N-dealkylation sites (tertiary alicyclic amines) is 2. The minimum absolute atomic E-state index is 0.157. The lowest BCUT2D eigenvalue weighted by atomic mass is 9.83. The van der Waals surface area contributed by atoms with Crippen molar-refractivity contribution in [3.8, 4) is 6.07 Å². The predicted octanol–water partition coefficient (Wildman–Crippen LogP) is 6.79. The number of carboxylic acid groups (broad SMARTS) is 1. The second-order valence-electron chi connectivity index (χ2n) is 13.0. The maximum Gasteiger partial charge on any atom is 0.321 e. The summed E-state index contributed by atoms with van der Waals surface area (Å²) in [4.78, 5) is 17.3. The van der Waals surface area contributed by atoms with E-state index in [1.807, 2.05) is 19.1 Å². The molecule has 0 amide bonds. The van der Waals surface area contributed by atoms with E-state index in [1.165, 1.54) is 43.7 Å². The van der Waals surface area contributed by atoms with E-state index in [1.54, 1.807) is 12.1 Å². The number of hydrogen-bond acceptors (Lipinski definition) is 4. The molecule has 0 bridgehead atoms. The van der Waals surface area contributed by atoms with Gasteiger partial charge in [-0.2, -0.15) is 5.26 Å². The number of aliphatic carboxylic acids is 1. The Kier molecular flexibility index (Phi) is 10.1. The van der Waals surface area contributed by atoms with Crippen LogP contribution in [0.25, 0.3) is 0 Å². The largest absolute Gasteiger partial charge is 0.480 e. The van der Waals surface area contributed by atoms with Crippen LogP contribution in [0.2, 0.25) is 0 Å². The Balaban J connectivity index is 1.17. The number of rotatable bonds is 10. The topological polar surface area (TPSA) is 67.6 Å². The molecule has 2 saturated heterocycles. The molecule has 0 aromatic heterocycles. The van der Waals surface area contributed by atoms with Gasteiger partial charge in [0.15, 0.2) is 0 Å². The molecule has 2 aromatic carbocycles.